The van der Waals surface area contributed by atoms with Gasteiger partial charge in [0.15, 0.2) is 0 Å². The molecule has 6 aromatic rings. The first-order chi connectivity index (χ1) is 26.1. The second kappa shape index (κ2) is 12.7. The molecule has 0 saturated heterocycles. The zero-order chi connectivity index (χ0) is 35.5. The van der Waals surface area contributed by atoms with Crippen LogP contribution in [-0.2, 0) is 7.48 Å². The van der Waals surface area contributed by atoms with Crippen molar-refractivity contribution in [3.63, 3.8) is 0 Å². The number of carbonyl (C=O) groups is 1. The minimum absolute atomic E-state index is 0.342. The number of rotatable bonds is 5. The van der Waals surface area contributed by atoms with Gasteiger partial charge in [0.1, 0.15) is 0 Å². The summed E-state index contributed by atoms with van der Waals surface area (Å²) in [6.07, 6.45) is 22.6. The van der Waals surface area contributed by atoms with Gasteiger partial charge in [-0.15, -0.1) is 0 Å². The Kier molecular flexibility index (Phi) is 7.49. The molecule has 0 saturated carbocycles. The summed E-state index contributed by atoms with van der Waals surface area (Å²) >= 11 is -4.44. The Morgan fingerprint density at radius 2 is 0.868 bits per heavy atom. The van der Waals surface area contributed by atoms with Crippen molar-refractivity contribution in [2.45, 2.75) is 6.92 Å². The van der Waals surface area contributed by atoms with E-state index in [-0.39, 0.29) is 5.97 Å². The molecule has 0 atom stereocenters. The Morgan fingerprint density at radius 1 is 0.491 bits per heavy atom. The number of pyridine rings is 4. The number of aromatic nitrogens is 6. The summed E-state index contributed by atoms with van der Waals surface area (Å²) in [7, 11) is 0. The molecule has 10 rings (SSSR count). The molecule has 6 bridgehead atoms. The first kappa shape index (κ1) is 31.3. The number of nitrogens with zero attached hydrogens (tertiary/aromatic N) is 8. The predicted molar refractivity (Wildman–Crippen MR) is 204 cm³/mol. The molecule has 0 aliphatic carbocycles. The second-order valence-corrected chi connectivity index (χ2v) is 20.2. The molecule has 0 radical (unpaired) electrons. The van der Waals surface area contributed by atoms with Crippen LogP contribution in [0.3, 0.4) is 0 Å². The van der Waals surface area contributed by atoms with Crippen LogP contribution >= 0.6 is 0 Å². The molecule has 4 aliphatic rings. The van der Waals surface area contributed by atoms with Gasteiger partial charge >= 0.3 is 315 Å². The van der Waals surface area contributed by atoms with Crippen LogP contribution in [-0.4, -0.2) is 65.8 Å². The molecule has 6 aromatic heterocycles. The van der Waals surface area contributed by atoms with E-state index in [0.29, 0.717) is 0 Å². The van der Waals surface area contributed by atoms with Crippen LogP contribution in [0, 0.1) is 0 Å². The number of hydrogen-bond acceptors (Lipinski definition) is 8. The van der Waals surface area contributed by atoms with Crippen LogP contribution < -0.4 is 10.7 Å². The minimum atomic E-state index is -4.44. The van der Waals surface area contributed by atoms with Crippen LogP contribution in [0.2, 0.25) is 0 Å². The van der Waals surface area contributed by atoms with Gasteiger partial charge in [-0.05, 0) is 0 Å². The number of aliphatic imine (C=N–C) groups is 2. The fraction of sp³-hybridized carbons (Fsp3) is 0.0238. The molecule has 53 heavy (non-hydrogen) atoms. The van der Waals surface area contributed by atoms with Crippen molar-refractivity contribution in [3.8, 4) is 0 Å². The average molecular weight is 880 g/mol. The summed E-state index contributed by atoms with van der Waals surface area (Å²) < 4.78 is 11.5. The summed E-state index contributed by atoms with van der Waals surface area (Å²) in [6, 6.07) is 24.5. The maximum atomic E-state index is 13.6. The van der Waals surface area contributed by atoms with Crippen LogP contribution in [0.15, 0.2) is 168 Å². The van der Waals surface area contributed by atoms with Crippen LogP contribution in [0.1, 0.15) is 40.6 Å². The number of hydrogen-bond donors (Lipinski definition) is 0. The topological polar surface area (TPSA) is 112 Å². The van der Waals surface area contributed by atoms with E-state index in [0.717, 1.165) is 89.4 Å². The van der Waals surface area contributed by atoms with Gasteiger partial charge in [-0.25, -0.2) is 0 Å². The molecule has 11 heteroatoms. The molecule has 10 nitrogen and oxygen atoms in total. The van der Waals surface area contributed by atoms with Gasteiger partial charge in [0, 0.05) is 0 Å². The van der Waals surface area contributed by atoms with Crippen LogP contribution in [0.4, 0.5) is 0 Å². The Hall–Kier alpha value is -6.41. The van der Waals surface area contributed by atoms with E-state index in [2.05, 4.69) is 73.3 Å². The molecule has 250 valence electrons. The third kappa shape index (κ3) is 5.16. The van der Waals surface area contributed by atoms with Crippen LogP contribution in [0.25, 0.3) is 22.3 Å². The molecule has 0 amide bonds. The fourth-order valence-corrected chi connectivity index (χ4v) is 17.5. The first-order valence-corrected chi connectivity index (χ1v) is 23.0. The molecule has 0 fully saturated rings. The van der Waals surface area contributed by atoms with Crippen molar-refractivity contribution in [1.29, 1.82) is 0 Å². The maximum absolute atomic E-state index is 13.6. The summed E-state index contributed by atoms with van der Waals surface area (Å²) in [5, 5.41) is 1.79. The molecular weight excluding hydrogens is 853 g/mol. The van der Waals surface area contributed by atoms with Gasteiger partial charge in [-0.1, -0.05) is 0 Å². The molecule has 0 unspecified atom stereocenters. The number of allylic oxidation sites excluding steroid dienone is 4. The zero-order valence-corrected chi connectivity index (χ0v) is 32.8. The van der Waals surface area contributed by atoms with Crippen molar-refractivity contribution >= 4 is 63.4 Å². The Morgan fingerprint density at radius 3 is 1.25 bits per heavy atom. The van der Waals surface area contributed by atoms with Gasteiger partial charge in [0.05, 0.1) is 0 Å². The van der Waals surface area contributed by atoms with Crippen molar-refractivity contribution in [1.82, 2.24) is 24.7 Å². The summed E-state index contributed by atoms with van der Waals surface area (Å²) in [6.45, 7) is 1.51. The van der Waals surface area contributed by atoms with Gasteiger partial charge in [-0.2, -0.15) is 0 Å². The Balaban J connectivity index is 1.48. The van der Waals surface area contributed by atoms with E-state index in [1.807, 2.05) is 48.5 Å². The molecule has 0 N–H and O–H groups in total. The monoisotopic (exact) mass is 880 g/mol. The van der Waals surface area contributed by atoms with Crippen LogP contribution in [0.5, 0.6) is 0 Å². The van der Waals surface area contributed by atoms with Gasteiger partial charge in [0.2, 0.25) is 0 Å². The van der Waals surface area contributed by atoms with Gasteiger partial charge in [-0.3, -0.25) is 0 Å². The quantitative estimate of drug-likeness (QED) is 0.231. The molecular formula is C42H27N8O2Tl. The fourth-order valence-electron chi connectivity index (χ4n) is 7.62. The van der Waals surface area contributed by atoms with Crippen molar-refractivity contribution in [3.05, 3.63) is 202 Å². The van der Waals surface area contributed by atoms with E-state index >= 15 is 0 Å². The van der Waals surface area contributed by atoms with Crippen molar-refractivity contribution < 1.29 is 7.48 Å². The summed E-state index contributed by atoms with van der Waals surface area (Å²) in [4.78, 5) is 41.7. The second-order valence-electron chi connectivity index (χ2n) is 12.8. The van der Waals surface area contributed by atoms with Gasteiger partial charge < -0.3 is 0 Å². The van der Waals surface area contributed by atoms with E-state index in [1.54, 1.807) is 49.6 Å². The molecule has 0 spiro atoms. The van der Waals surface area contributed by atoms with E-state index < -0.39 is 23.8 Å². The third-order valence-electron chi connectivity index (χ3n) is 9.75. The van der Waals surface area contributed by atoms with E-state index in [1.165, 1.54) is 6.92 Å². The van der Waals surface area contributed by atoms with E-state index in [9.17, 15) is 4.79 Å². The molecule has 10 heterocycles. The average Bonchev–Trinajstić information content (AvgIpc) is 4.02. The van der Waals surface area contributed by atoms with Crippen molar-refractivity contribution in [2.24, 2.45) is 9.98 Å². The SMILES string of the molecule is CC(=O)[O][Tl]1[n]2c3ccc2C(c2ccncc2)=C2C=CC(=N2)C(c2ccncc2)=c2ccc([n]21)=C(c1ccncc1)C1=NC(=C3c2ccncc2)C=C1. The molecule has 0 aromatic carbocycles. The zero-order valence-electron chi connectivity index (χ0n) is 28.3. The summed E-state index contributed by atoms with van der Waals surface area (Å²) in [5.41, 5.74) is 12.4. The predicted octanol–water partition coefficient (Wildman–Crippen LogP) is 4.78. The van der Waals surface area contributed by atoms with E-state index in [4.69, 9.17) is 12.7 Å². The number of fused-ring (bicyclic) bond motifs is 2. The standard InChI is InChI=1S/C40H24N8.C2H4O2.Tl/c1-2-30-38(26-11-19-42-20-12-26)32-5-6-34(47-32)40(28-15-23-44-24-16-28)36-8-7-35(48-36)39(27-13-21-43-22-14-27)33-4-3-31(46-33)37(29(1)45-30)25-9-17-41-18-10-25;1-2(3)4;/h1-24H;1H3,(H,3,4);/q-2;;+3/p-1. The third-order valence-corrected chi connectivity index (χ3v) is 19.6. The molecule has 4 aliphatic heterocycles. The normalized spacial score (nSPS) is 15.5. The Bertz CT molecular complexity index is 2630. The van der Waals surface area contributed by atoms with Crippen molar-refractivity contribution in [2.75, 3.05) is 0 Å². The number of carbonyl (C=O) groups excluding carboxylic acids is 1. The summed E-state index contributed by atoms with van der Waals surface area (Å²) in [5.74, 6) is -0.342. The Labute approximate surface area is 313 Å². The van der Waals surface area contributed by atoms with Gasteiger partial charge in [0.25, 0.3) is 0 Å². The first-order valence-electron chi connectivity index (χ1n) is 17.1.